The summed E-state index contributed by atoms with van der Waals surface area (Å²) in [5.74, 6) is -0.167. The van der Waals surface area contributed by atoms with E-state index in [1.165, 1.54) is 6.07 Å². The quantitative estimate of drug-likeness (QED) is 0.281. The van der Waals surface area contributed by atoms with Crippen molar-refractivity contribution in [3.05, 3.63) is 53.6 Å². The van der Waals surface area contributed by atoms with E-state index in [0.717, 1.165) is 69.2 Å². The van der Waals surface area contributed by atoms with E-state index >= 15 is 0 Å². The molecule has 4 rings (SSSR count). The third kappa shape index (κ3) is 10.8. The minimum absolute atomic E-state index is 0.0212. The van der Waals surface area contributed by atoms with Crippen molar-refractivity contribution in [1.82, 2.24) is 9.80 Å². The van der Waals surface area contributed by atoms with Crippen LogP contribution in [0.3, 0.4) is 0 Å². The molecule has 2 aliphatic rings. The van der Waals surface area contributed by atoms with Gasteiger partial charge in [0.05, 0.1) is 36.0 Å². The molecular weight excluding hydrogens is 653 g/mol. The van der Waals surface area contributed by atoms with Crippen LogP contribution < -0.4 is 15.4 Å². The Morgan fingerprint density at radius 2 is 1.62 bits per heavy atom. The first-order valence-corrected chi connectivity index (χ1v) is 17.6. The Bertz CT molecular complexity index is 1430. The van der Waals surface area contributed by atoms with E-state index < -0.39 is 29.7 Å². The maximum Gasteiger partial charge on any atom is 0.416 e. The van der Waals surface area contributed by atoms with E-state index in [4.69, 9.17) is 9.47 Å². The monoisotopic (exact) mass is 704 g/mol. The molecule has 13 heteroatoms. The van der Waals surface area contributed by atoms with E-state index in [-0.39, 0.29) is 60.0 Å². The van der Waals surface area contributed by atoms with Crippen LogP contribution in [0.25, 0.3) is 0 Å². The molecule has 0 unspecified atom stereocenters. The van der Waals surface area contributed by atoms with Gasteiger partial charge < -0.3 is 35.0 Å². The third-order valence-electron chi connectivity index (χ3n) is 9.56. The molecule has 2 aromatic rings. The van der Waals surface area contributed by atoms with E-state index in [0.29, 0.717) is 25.3 Å². The molecule has 0 radical (unpaired) electrons. The molecule has 1 fully saturated rings. The zero-order valence-corrected chi connectivity index (χ0v) is 29.4. The molecule has 4 amide bonds. The molecule has 1 heterocycles. The smallest absolute Gasteiger partial charge is 0.416 e. The van der Waals surface area contributed by atoms with Gasteiger partial charge in [0.25, 0.3) is 5.91 Å². The maximum atomic E-state index is 14.4. The number of aliphatic hydroxyl groups is 1. The number of carbonyl (C=O) groups excluding carboxylic acids is 3. The molecule has 50 heavy (non-hydrogen) atoms. The molecule has 276 valence electrons. The second-order valence-electron chi connectivity index (χ2n) is 13.7. The van der Waals surface area contributed by atoms with Crippen LogP contribution in [0.2, 0.25) is 0 Å². The number of ether oxygens (including phenoxy) is 2. The highest BCUT2D eigenvalue weighted by atomic mass is 19.4. The fourth-order valence-corrected chi connectivity index (χ4v) is 6.52. The molecule has 10 nitrogen and oxygen atoms in total. The minimum Gasteiger partial charge on any atom is -0.490 e. The van der Waals surface area contributed by atoms with Crippen LogP contribution in [0.15, 0.2) is 42.5 Å². The number of amides is 4. The second-order valence-corrected chi connectivity index (χ2v) is 13.7. The van der Waals surface area contributed by atoms with Gasteiger partial charge in [0.1, 0.15) is 5.75 Å². The number of halogens is 3. The lowest BCUT2D eigenvalue weighted by Gasteiger charge is -2.36. The molecule has 0 spiro atoms. The highest BCUT2D eigenvalue weighted by Gasteiger charge is 2.33. The van der Waals surface area contributed by atoms with Crippen molar-refractivity contribution in [3.8, 4) is 5.75 Å². The van der Waals surface area contributed by atoms with Gasteiger partial charge in [-0.2, -0.15) is 13.2 Å². The molecule has 2 aromatic carbocycles. The second kappa shape index (κ2) is 17.9. The topological polar surface area (TPSA) is 120 Å². The Labute approximate surface area is 292 Å². The fourth-order valence-electron chi connectivity index (χ4n) is 6.52. The number of urea groups is 1. The SMILES string of the molecule is C[C@@H]1CN([C@H](C)CO)C(=O)c2cc(NC(=O)Nc3ccc(C(F)(F)F)cc3)ccc2O[C@@H](C)CCCCO[C@@H]1CN(C)C(=O)C1CCCCC1. The van der Waals surface area contributed by atoms with Gasteiger partial charge in [-0.25, -0.2) is 4.79 Å². The van der Waals surface area contributed by atoms with Gasteiger partial charge in [0, 0.05) is 50.0 Å². The number of alkyl halides is 3. The molecule has 3 N–H and O–H groups in total. The van der Waals surface area contributed by atoms with Gasteiger partial charge in [0.15, 0.2) is 0 Å². The van der Waals surface area contributed by atoms with Crippen LogP contribution in [0, 0.1) is 11.8 Å². The number of likely N-dealkylation sites (N-methyl/N-ethyl adjacent to an activating group) is 1. The molecule has 0 saturated heterocycles. The van der Waals surface area contributed by atoms with Gasteiger partial charge in [0.2, 0.25) is 5.91 Å². The van der Waals surface area contributed by atoms with E-state index in [1.54, 1.807) is 28.9 Å². The molecule has 0 aromatic heterocycles. The normalized spacial score (nSPS) is 22.0. The summed E-state index contributed by atoms with van der Waals surface area (Å²) >= 11 is 0. The number of fused-ring (bicyclic) bond motifs is 1. The Morgan fingerprint density at radius 1 is 0.980 bits per heavy atom. The highest BCUT2D eigenvalue weighted by molar-refractivity contribution is 6.02. The summed E-state index contributed by atoms with van der Waals surface area (Å²) in [7, 11) is 1.81. The van der Waals surface area contributed by atoms with Gasteiger partial charge in [-0.3, -0.25) is 9.59 Å². The number of nitrogens with zero attached hydrogens (tertiary/aromatic N) is 2. The van der Waals surface area contributed by atoms with Crippen molar-refractivity contribution in [2.75, 3.05) is 44.0 Å². The predicted molar refractivity (Wildman–Crippen MR) is 185 cm³/mol. The van der Waals surface area contributed by atoms with Gasteiger partial charge in [-0.05, 0) is 88.4 Å². The number of nitrogens with one attached hydrogen (secondary N) is 2. The summed E-state index contributed by atoms with van der Waals surface area (Å²) in [6, 6.07) is 7.44. The summed E-state index contributed by atoms with van der Waals surface area (Å²) in [5.41, 5.74) is -0.249. The zero-order chi connectivity index (χ0) is 36.4. The first-order chi connectivity index (χ1) is 23.8. The standard InChI is InChI=1S/C37H51F3N4O6/c1-24-21-44(25(2)23-45)35(47)31-20-30(42-36(48)41-29-15-13-28(14-16-29)37(38,39)40)17-18-32(31)50-26(3)10-8-9-19-49-33(24)22-43(4)34(46)27-11-6-5-7-12-27/h13-18,20,24-27,33,45H,5-12,19,21-23H2,1-4H3,(H2,41,42,48)/t24-,25-,26+,33-/m1/s1. The number of hydrogen-bond donors (Lipinski definition) is 3. The highest BCUT2D eigenvalue weighted by Crippen LogP contribution is 2.31. The van der Waals surface area contributed by atoms with Crippen molar-refractivity contribution in [3.63, 3.8) is 0 Å². The van der Waals surface area contributed by atoms with Crippen molar-refractivity contribution < 1.29 is 42.1 Å². The molecule has 1 aliphatic carbocycles. The Morgan fingerprint density at radius 3 is 2.28 bits per heavy atom. The molecule has 1 aliphatic heterocycles. The van der Waals surface area contributed by atoms with Crippen molar-refractivity contribution in [2.45, 2.75) is 96.6 Å². The van der Waals surface area contributed by atoms with Crippen LogP contribution in [0.1, 0.15) is 88.1 Å². The maximum absolute atomic E-state index is 14.4. The average molecular weight is 705 g/mol. The summed E-state index contributed by atoms with van der Waals surface area (Å²) in [4.78, 5) is 43.8. The number of rotatable bonds is 7. The van der Waals surface area contributed by atoms with Gasteiger partial charge in [-0.1, -0.05) is 26.2 Å². The Kier molecular flexibility index (Phi) is 13.9. The van der Waals surface area contributed by atoms with Crippen LogP contribution >= 0.6 is 0 Å². The molecular formula is C37H51F3N4O6. The number of hydrogen-bond acceptors (Lipinski definition) is 6. The lowest BCUT2D eigenvalue weighted by Crippen LogP contribution is -2.48. The Balaban J connectivity index is 1.57. The van der Waals surface area contributed by atoms with E-state index in [2.05, 4.69) is 10.6 Å². The van der Waals surface area contributed by atoms with Crippen LogP contribution in [0.4, 0.5) is 29.3 Å². The molecule has 4 atom stereocenters. The lowest BCUT2D eigenvalue weighted by molar-refractivity contribution is -0.138. The number of carbonyl (C=O) groups is 3. The minimum atomic E-state index is -4.50. The summed E-state index contributed by atoms with van der Waals surface area (Å²) in [6.07, 6.45) is 2.27. The van der Waals surface area contributed by atoms with Crippen LogP contribution in [0.5, 0.6) is 5.75 Å². The van der Waals surface area contributed by atoms with E-state index in [1.807, 2.05) is 20.9 Å². The van der Waals surface area contributed by atoms with Crippen molar-refractivity contribution in [2.24, 2.45) is 11.8 Å². The fraction of sp³-hybridized carbons (Fsp3) is 0.595. The average Bonchev–Trinajstić information content (AvgIpc) is 3.09. The van der Waals surface area contributed by atoms with Gasteiger partial charge in [-0.15, -0.1) is 0 Å². The predicted octanol–water partition coefficient (Wildman–Crippen LogP) is 7.18. The number of benzene rings is 2. The first kappa shape index (κ1) is 39.0. The van der Waals surface area contributed by atoms with E-state index in [9.17, 15) is 32.7 Å². The third-order valence-corrected chi connectivity index (χ3v) is 9.56. The Hall–Kier alpha value is -3.84. The first-order valence-electron chi connectivity index (χ1n) is 17.6. The van der Waals surface area contributed by atoms with Gasteiger partial charge >= 0.3 is 12.2 Å². The van der Waals surface area contributed by atoms with Crippen LogP contribution in [-0.4, -0.2) is 84.4 Å². The summed E-state index contributed by atoms with van der Waals surface area (Å²) in [5, 5.41) is 15.4. The van der Waals surface area contributed by atoms with Crippen molar-refractivity contribution in [1.29, 1.82) is 0 Å². The molecule has 1 saturated carbocycles. The summed E-state index contributed by atoms with van der Waals surface area (Å²) < 4.78 is 51.5. The lowest BCUT2D eigenvalue weighted by atomic mass is 9.88. The van der Waals surface area contributed by atoms with Crippen LogP contribution in [-0.2, 0) is 15.7 Å². The summed E-state index contributed by atoms with van der Waals surface area (Å²) in [6.45, 7) is 6.42. The molecule has 0 bridgehead atoms. The van der Waals surface area contributed by atoms with Crippen molar-refractivity contribution >= 4 is 29.2 Å². The number of aliphatic hydroxyl groups excluding tert-OH is 1. The number of anilines is 2. The largest absolute Gasteiger partial charge is 0.490 e. The zero-order valence-electron chi connectivity index (χ0n) is 29.4.